The van der Waals surface area contributed by atoms with E-state index in [1.807, 2.05) is 19.9 Å². The van der Waals surface area contributed by atoms with Gasteiger partial charge in [-0.3, -0.25) is 14.6 Å². The van der Waals surface area contributed by atoms with Crippen LogP contribution in [0.1, 0.15) is 35.6 Å². The zero-order valence-electron chi connectivity index (χ0n) is 11.6. The number of amides is 1. The van der Waals surface area contributed by atoms with Gasteiger partial charge in [-0.1, -0.05) is 6.92 Å². The molecule has 0 saturated heterocycles. The van der Waals surface area contributed by atoms with Crippen LogP contribution in [0.4, 0.5) is 0 Å². The molecule has 0 fully saturated rings. The summed E-state index contributed by atoms with van der Waals surface area (Å²) < 4.78 is 1.76. The van der Waals surface area contributed by atoms with E-state index in [2.05, 4.69) is 15.3 Å². The Morgan fingerprint density at radius 3 is 2.84 bits per heavy atom. The van der Waals surface area contributed by atoms with Crippen molar-refractivity contribution in [3.63, 3.8) is 0 Å². The molecule has 0 bridgehead atoms. The van der Waals surface area contributed by atoms with E-state index in [0.717, 1.165) is 17.7 Å². The van der Waals surface area contributed by atoms with E-state index in [4.69, 9.17) is 0 Å². The molecule has 2 aromatic heterocycles. The van der Waals surface area contributed by atoms with Crippen molar-refractivity contribution in [1.29, 1.82) is 0 Å². The summed E-state index contributed by atoms with van der Waals surface area (Å²) in [6.45, 7) is 5.25. The molecule has 6 nitrogen and oxygen atoms in total. The number of aromatic nitrogens is 4. The minimum Gasteiger partial charge on any atom is -0.336 e. The van der Waals surface area contributed by atoms with Gasteiger partial charge in [-0.25, -0.2) is 0 Å². The van der Waals surface area contributed by atoms with Crippen LogP contribution in [0.2, 0.25) is 0 Å². The third-order valence-electron chi connectivity index (χ3n) is 3.03. The number of carbonyl (C=O) groups is 1. The molecule has 6 heteroatoms. The number of H-pyrrole nitrogens is 1. The van der Waals surface area contributed by atoms with E-state index in [1.54, 1.807) is 29.0 Å². The highest BCUT2D eigenvalue weighted by Gasteiger charge is 2.18. The summed E-state index contributed by atoms with van der Waals surface area (Å²) in [4.78, 5) is 14.1. The Morgan fingerprint density at radius 1 is 1.47 bits per heavy atom. The maximum atomic E-state index is 12.4. The third-order valence-corrected chi connectivity index (χ3v) is 3.03. The summed E-state index contributed by atoms with van der Waals surface area (Å²) in [6.07, 6.45) is 4.34. The minimum absolute atomic E-state index is 0.0183. The topological polar surface area (TPSA) is 66.8 Å². The van der Waals surface area contributed by atoms with E-state index < -0.39 is 0 Å². The lowest BCUT2D eigenvalue weighted by Gasteiger charge is -2.16. The highest BCUT2D eigenvalue weighted by molar-refractivity contribution is 5.92. The predicted octanol–water partition coefficient (Wildman–Crippen LogP) is 1.46. The van der Waals surface area contributed by atoms with E-state index in [-0.39, 0.29) is 5.91 Å². The Morgan fingerprint density at radius 2 is 2.26 bits per heavy atom. The predicted molar refractivity (Wildman–Crippen MR) is 71.7 cm³/mol. The van der Waals surface area contributed by atoms with Crippen LogP contribution in [-0.2, 0) is 19.5 Å². The lowest BCUT2D eigenvalue weighted by Crippen LogP contribution is -2.28. The number of hydrogen-bond acceptors (Lipinski definition) is 3. The normalized spacial score (nSPS) is 10.7. The van der Waals surface area contributed by atoms with Crippen molar-refractivity contribution >= 4 is 5.91 Å². The van der Waals surface area contributed by atoms with Gasteiger partial charge >= 0.3 is 0 Å². The first-order valence-corrected chi connectivity index (χ1v) is 6.45. The van der Waals surface area contributed by atoms with Gasteiger partial charge in [0, 0.05) is 31.9 Å². The van der Waals surface area contributed by atoms with Crippen LogP contribution in [-0.4, -0.2) is 37.8 Å². The molecule has 1 N–H and O–H groups in total. The number of carbonyl (C=O) groups excluding carboxylic acids is 1. The van der Waals surface area contributed by atoms with Gasteiger partial charge in [-0.15, -0.1) is 0 Å². The molecular formula is C13H19N5O. The van der Waals surface area contributed by atoms with Crippen molar-refractivity contribution in [2.75, 3.05) is 7.05 Å². The highest BCUT2D eigenvalue weighted by Crippen LogP contribution is 2.10. The monoisotopic (exact) mass is 261 g/mol. The van der Waals surface area contributed by atoms with Gasteiger partial charge in [0.05, 0.1) is 11.9 Å². The molecule has 1 amide bonds. The van der Waals surface area contributed by atoms with Gasteiger partial charge in [0.15, 0.2) is 0 Å². The van der Waals surface area contributed by atoms with E-state index in [0.29, 0.717) is 18.8 Å². The standard InChI is InChI=1S/C13H19N5O/c1-4-11-6-12(18(5-2)16-11)13(19)17(3)9-10-7-14-15-8-10/h6-8H,4-5,9H2,1-3H3,(H,14,15). The second-order valence-electron chi connectivity index (χ2n) is 4.46. The van der Waals surface area contributed by atoms with Gasteiger partial charge in [0.2, 0.25) is 0 Å². The Balaban J connectivity index is 2.16. The van der Waals surface area contributed by atoms with Crippen LogP contribution < -0.4 is 0 Å². The fraction of sp³-hybridized carbons (Fsp3) is 0.462. The first-order chi connectivity index (χ1) is 9.15. The number of aromatic amines is 1. The number of hydrogen-bond donors (Lipinski definition) is 1. The molecule has 0 unspecified atom stereocenters. The summed E-state index contributed by atoms with van der Waals surface area (Å²) in [5.74, 6) is -0.0183. The van der Waals surface area contributed by atoms with Crippen LogP contribution in [0.5, 0.6) is 0 Å². The summed E-state index contributed by atoms with van der Waals surface area (Å²) in [5, 5.41) is 11.0. The van der Waals surface area contributed by atoms with Gasteiger partial charge in [-0.05, 0) is 19.4 Å². The van der Waals surface area contributed by atoms with Gasteiger partial charge in [0.1, 0.15) is 5.69 Å². The van der Waals surface area contributed by atoms with Crippen molar-refractivity contribution in [2.45, 2.75) is 33.4 Å². The second-order valence-corrected chi connectivity index (χ2v) is 4.46. The summed E-state index contributed by atoms with van der Waals surface area (Å²) in [5.41, 5.74) is 2.57. The third kappa shape index (κ3) is 2.83. The van der Waals surface area contributed by atoms with Crippen LogP contribution >= 0.6 is 0 Å². The molecule has 0 radical (unpaired) electrons. The maximum absolute atomic E-state index is 12.4. The molecule has 2 rings (SSSR count). The number of nitrogens with one attached hydrogen (secondary N) is 1. The molecule has 19 heavy (non-hydrogen) atoms. The molecule has 0 atom stereocenters. The zero-order chi connectivity index (χ0) is 13.8. The molecule has 0 aliphatic heterocycles. The van der Waals surface area contributed by atoms with Crippen LogP contribution in [0, 0.1) is 0 Å². The average molecular weight is 261 g/mol. The fourth-order valence-corrected chi connectivity index (χ4v) is 1.96. The Kier molecular flexibility index (Phi) is 3.99. The molecule has 0 aliphatic carbocycles. The van der Waals surface area contributed by atoms with Crippen LogP contribution in [0.3, 0.4) is 0 Å². The molecule has 0 aliphatic rings. The summed E-state index contributed by atoms with van der Waals surface area (Å²) in [6, 6.07) is 1.87. The minimum atomic E-state index is -0.0183. The largest absolute Gasteiger partial charge is 0.336 e. The Bertz CT molecular complexity index is 543. The molecule has 0 spiro atoms. The molecule has 2 aromatic rings. The van der Waals surface area contributed by atoms with Crippen LogP contribution in [0.25, 0.3) is 0 Å². The second kappa shape index (κ2) is 5.69. The summed E-state index contributed by atoms with van der Waals surface area (Å²) >= 11 is 0. The lowest BCUT2D eigenvalue weighted by atomic mass is 10.2. The molecule has 2 heterocycles. The summed E-state index contributed by atoms with van der Waals surface area (Å²) in [7, 11) is 1.79. The number of nitrogens with zero attached hydrogens (tertiary/aromatic N) is 4. The fourth-order valence-electron chi connectivity index (χ4n) is 1.96. The SMILES string of the molecule is CCc1cc(C(=O)N(C)Cc2cn[nH]c2)n(CC)n1. The smallest absolute Gasteiger partial charge is 0.272 e. The maximum Gasteiger partial charge on any atom is 0.272 e. The van der Waals surface area contributed by atoms with Crippen molar-refractivity contribution in [1.82, 2.24) is 24.9 Å². The number of aryl methyl sites for hydroxylation is 2. The van der Waals surface area contributed by atoms with Crippen LogP contribution in [0.15, 0.2) is 18.5 Å². The Hall–Kier alpha value is -2.11. The first kappa shape index (κ1) is 13.3. The molecule has 102 valence electrons. The number of rotatable bonds is 5. The highest BCUT2D eigenvalue weighted by atomic mass is 16.2. The van der Waals surface area contributed by atoms with Gasteiger partial charge < -0.3 is 4.90 Å². The molecule has 0 aromatic carbocycles. The quantitative estimate of drug-likeness (QED) is 0.886. The van der Waals surface area contributed by atoms with E-state index >= 15 is 0 Å². The van der Waals surface area contributed by atoms with Crippen molar-refractivity contribution in [3.05, 3.63) is 35.4 Å². The molecule has 0 saturated carbocycles. The van der Waals surface area contributed by atoms with Crippen molar-refractivity contribution < 1.29 is 4.79 Å². The van der Waals surface area contributed by atoms with Crippen molar-refractivity contribution in [2.24, 2.45) is 0 Å². The Labute approximate surface area is 112 Å². The van der Waals surface area contributed by atoms with E-state index in [9.17, 15) is 4.79 Å². The van der Waals surface area contributed by atoms with Gasteiger partial charge in [0.25, 0.3) is 5.91 Å². The lowest BCUT2D eigenvalue weighted by molar-refractivity contribution is 0.0773. The van der Waals surface area contributed by atoms with E-state index in [1.165, 1.54) is 0 Å². The van der Waals surface area contributed by atoms with Crippen molar-refractivity contribution in [3.8, 4) is 0 Å². The zero-order valence-corrected chi connectivity index (χ0v) is 11.6. The average Bonchev–Trinajstić information content (AvgIpc) is 3.05. The first-order valence-electron chi connectivity index (χ1n) is 6.45. The van der Waals surface area contributed by atoms with Gasteiger partial charge in [-0.2, -0.15) is 10.2 Å². The molecular weight excluding hydrogens is 242 g/mol.